The van der Waals surface area contributed by atoms with E-state index in [1.165, 1.54) is 88.9 Å². The summed E-state index contributed by atoms with van der Waals surface area (Å²) in [5, 5.41) is 2.55. The maximum atomic E-state index is 5.08. The van der Waals surface area contributed by atoms with Crippen molar-refractivity contribution in [2.45, 2.75) is 96.8 Å². The van der Waals surface area contributed by atoms with Gasteiger partial charge in [0, 0.05) is 11.4 Å². The third-order valence-corrected chi connectivity index (χ3v) is 15.6. The van der Waals surface area contributed by atoms with Crippen molar-refractivity contribution in [3.63, 3.8) is 0 Å². The van der Waals surface area contributed by atoms with Crippen molar-refractivity contribution in [3.8, 4) is 44.5 Å². The Morgan fingerprint density at radius 3 is 1.34 bits per heavy atom. The zero-order chi connectivity index (χ0) is 42.4. The van der Waals surface area contributed by atoms with Crippen LogP contribution in [0.1, 0.15) is 91.5 Å². The summed E-state index contributed by atoms with van der Waals surface area (Å²) >= 11 is 0. The maximum Gasteiger partial charge on any atom is 0.102 e. The molecule has 61 heavy (non-hydrogen) atoms. The Morgan fingerprint density at radius 1 is 0.377 bits per heavy atom. The van der Waals surface area contributed by atoms with Gasteiger partial charge in [0.25, 0.3) is 0 Å². The first-order chi connectivity index (χ1) is 29.1. The van der Waals surface area contributed by atoms with E-state index in [0.29, 0.717) is 0 Å². The highest BCUT2D eigenvalue weighted by molar-refractivity contribution is 6.12. The standard InChI is InChI=1S/C57H54N4/c1-35-58-53(3,4)55(7,8)60(35)40-28-23-37(24-29-40)39-27-32-46-50(33-39)57(48-21-15-13-18-43(48)44-19-14-16-22-49(44)57)51-34-47(42-17-11-12-20-45(42)52(46)51)38-25-30-41(31-26-38)61-36(2)59-54(5,6)56(61,9)10/h11-34H,1-10H3. The first-order valence-corrected chi connectivity index (χ1v) is 21.9. The van der Waals surface area contributed by atoms with Gasteiger partial charge in [0.05, 0.1) is 27.6 Å². The van der Waals surface area contributed by atoms with E-state index in [1.54, 1.807) is 0 Å². The number of nitrogens with zero attached hydrogens (tertiary/aromatic N) is 4. The minimum Gasteiger partial charge on any atom is -0.322 e. The average molecular weight is 795 g/mol. The summed E-state index contributed by atoms with van der Waals surface area (Å²) in [6, 6.07) is 55.5. The van der Waals surface area contributed by atoms with Crippen molar-refractivity contribution in [1.29, 1.82) is 0 Å². The highest BCUT2D eigenvalue weighted by atomic mass is 15.3. The summed E-state index contributed by atoms with van der Waals surface area (Å²) in [6.07, 6.45) is 0. The number of rotatable bonds is 4. The molecule has 0 saturated carbocycles. The van der Waals surface area contributed by atoms with E-state index in [9.17, 15) is 0 Å². The van der Waals surface area contributed by atoms with Gasteiger partial charge in [-0.2, -0.15) is 0 Å². The van der Waals surface area contributed by atoms with Crippen molar-refractivity contribution in [2.24, 2.45) is 9.98 Å². The van der Waals surface area contributed by atoms with Crippen molar-refractivity contribution in [3.05, 3.63) is 168 Å². The number of hydrogen-bond acceptors (Lipinski definition) is 4. The third kappa shape index (κ3) is 4.88. The van der Waals surface area contributed by atoms with E-state index in [1.807, 2.05) is 0 Å². The topological polar surface area (TPSA) is 31.2 Å². The lowest BCUT2D eigenvalue weighted by Gasteiger charge is -2.41. The summed E-state index contributed by atoms with van der Waals surface area (Å²) in [7, 11) is 0. The maximum absolute atomic E-state index is 5.08. The third-order valence-electron chi connectivity index (χ3n) is 15.6. The Kier molecular flexibility index (Phi) is 7.67. The Labute approximate surface area is 361 Å². The van der Waals surface area contributed by atoms with Crippen molar-refractivity contribution in [1.82, 2.24) is 0 Å². The Hall–Kier alpha value is -6.26. The fourth-order valence-electron chi connectivity index (χ4n) is 11.6. The molecule has 0 bridgehead atoms. The molecule has 1 spiro atoms. The summed E-state index contributed by atoms with van der Waals surface area (Å²) in [5.41, 5.74) is 16.7. The lowest BCUT2D eigenvalue weighted by atomic mass is 9.69. The quantitative estimate of drug-likeness (QED) is 0.178. The van der Waals surface area contributed by atoms with E-state index in [4.69, 9.17) is 9.98 Å². The predicted octanol–water partition coefficient (Wildman–Crippen LogP) is 14.1. The first-order valence-electron chi connectivity index (χ1n) is 21.9. The van der Waals surface area contributed by atoms with Gasteiger partial charge in [-0.15, -0.1) is 0 Å². The molecule has 0 fully saturated rings. The molecule has 2 aliphatic heterocycles. The second kappa shape index (κ2) is 12.4. The second-order valence-corrected chi connectivity index (χ2v) is 19.8. The Balaban J connectivity index is 1.11. The molecule has 4 aliphatic rings. The molecule has 0 N–H and O–H groups in total. The zero-order valence-corrected chi connectivity index (χ0v) is 37.1. The van der Waals surface area contributed by atoms with Crippen LogP contribution in [0.5, 0.6) is 0 Å². The summed E-state index contributed by atoms with van der Waals surface area (Å²) in [5.74, 6) is 2.12. The lowest BCUT2D eigenvalue weighted by molar-refractivity contribution is 0.338. The first kappa shape index (κ1) is 37.7. The van der Waals surface area contributed by atoms with E-state index in [-0.39, 0.29) is 22.2 Å². The molecule has 7 aromatic carbocycles. The molecule has 0 saturated heterocycles. The zero-order valence-electron chi connectivity index (χ0n) is 37.1. The van der Waals surface area contributed by atoms with Gasteiger partial charge in [-0.1, -0.05) is 109 Å². The fourth-order valence-corrected chi connectivity index (χ4v) is 11.6. The van der Waals surface area contributed by atoms with Crippen LogP contribution in [0.4, 0.5) is 11.4 Å². The number of hydrogen-bond donors (Lipinski definition) is 0. The van der Waals surface area contributed by atoms with Crippen LogP contribution in [0, 0.1) is 0 Å². The monoisotopic (exact) mass is 794 g/mol. The van der Waals surface area contributed by atoms with Crippen molar-refractivity contribution in [2.75, 3.05) is 9.80 Å². The molecule has 11 rings (SSSR count). The van der Waals surface area contributed by atoms with Crippen LogP contribution in [-0.4, -0.2) is 33.8 Å². The van der Waals surface area contributed by atoms with Gasteiger partial charge in [0.1, 0.15) is 11.7 Å². The van der Waals surface area contributed by atoms with Gasteiger partial charge in [0.15, 0.2) is 0 Å². The van der Waals surface area contributed by atoms with Crippen LogP contribution < -0.4 is 9.80 Å². The smallest absolute Gasteiger partial charge is 0.102 e. The molecule has 0 aromatic heterocycles. The molecule has 0 unspecified atom stereocenters. The van der Waals surface area contributed by atoms with Crippen molar-refractivity contribution < 1.29 is 0 Å². The number of aliphatic imine (C=N–C) groups is 2. The molecule has 302 valence electrons. The molecule has 4 heteroatoms. The van der Waals surface area contributed by atoms with Crippen LogP contribution in [0.3, 0.4) is 0 Å². The fraction of sp³-hybridized carbons (Fsp3) is 0.263. The highest BCUT2D eigenvalue weighted by Gasteiger charge is 2.53. The number of anilines is 2. The normalized spacial score (nSPS) is 19.1. The highest BCUT2D eigenvalue weighted by Crippen LogP contribution is 2.65. The van der Waals surface area contributed by atoms with Gasteiger partial charge < -0.3 is 9.80 Å². The molecule has 0 atom stereocenters. The minimum absolute atomic E-state index is 0.146. The van der Waals surface area contributed by atoms with Crippen LogP contribution >= 0.6 is 0 Å². The number of amidine groups is 2. The number of fused-ring (bicyclic) bond motifs is 12. The molecule has 0 amide bonds. The van der Waals surface area contributed by atoms with Gasteiger partial charge in [-0.3, -0.25) is 9.98 Å². The lowest BCUT2D eigenvalue weighted by Crippen LogP contribution is -2.52. The van der Waals surface area contributed by atoms with Gasteiger partial charge in [-0.05, 0) is 183 Å². The molecule has 4 nitrogen and oxygen atoms in total. The Bertz CT molecular complexity index is 3000. The van der Waals surface area contributed by atoms with Gasteiger partial charge in [0.2, 0.25) is 0 Å². The minimum atomic E-state index is -0.496. The predicted molar refractivity (Wildman–Crippen MR) is 259 cm³/mol. The van der Waals surface area contributed by atoms with Gasteiger partial charge >= 0.3 is 0 Å². The molecule has 7 aromatic rings. The summed E-state index contributed by atoms with van der Waals surface area (Å²) < 4.78 is 0. The van der Waals surface area contributed by atoms with Crippen LogP contribution in [0.2, 0.25) is 0 Å². The van der Waals surface area contributed by atoms with Crippen LogP contribution in [0.25, 0.3) is 55.3 Å². The number of benzene rings is 7. The van der Waals surface area contributed by atoms with Crippen LogP contribution in [-0.2, 0) is 5.41 Å². The summed E-state index contributed by atoms with van der Waals surface area (Å²) in [6.45, 7) is 22.4. The Morgan fingerprint density at radius 2 is 0.836 bits per heavy atom. The largest absolute Gasteiger partial charge is 0.322 e. The molecular formula is C57H54N4. The van der Waals surface area contributed by atoms with E-state index < -0.39 is 5.41 Å². The van der Waals surface area contributed by atoms with E-state index in [0.717, 1.165) is 11.7 Å². The molecule has 0 radical (unpaired) electrons. The SMILES string of the molecule is CC1=NC(C)(C)C(C)(C)N1c1ccc(-c2ccc3c(c2)C2(c4ccccc4-c4ccccc42)c2cc(-c4ccc(N5C(C)=NC(C)(C)C5(C)C)cc4)c4ccccc4c2-3)cc1. The van der Waals surface area contributed by atoms with Crippen molar-refractivity contribution >= 4 is 33.8 Å². The van der Waals surface area contributed by atoms with Gasteiger partial charge in [-0.25, -0.2) is 0 Å². The summed E-state index contributed by atoms with van der Waals surface area (Å²) in [4.78, 5) is 15.0. The second-order valence-electron chi connectivity index (χ2n) is 19.8. The molecule has 2 aliphatic carbocycles. The van der Waals surface area contributed by atoms with E-state index in [2.05, 4.69) is 225 Å². The van der Waals surface area contributed by atoms with Crippen LogP contribution in [0.15, 0.2) is 156 Å². The molecular weight excluding hydrogens is 741 g/mol. The average Bonchev–Trinajstić information content (AvgIpc) is 3.81. The molecule has 2 heterocycles. The van der Waals surface area contributed by atoms with E-state index >= 15 is 0 Å².